The summed E-state index contributed by atoms with van der Waals surface area (Å²) in [6, 6.07) is 19.6. The maximum atomic E-state index is 13.7. The molecule has 6 rings (SSSR count). The number of hydrogen-bond donors (Lipinski definition) is 2. The highest BCUT2D eigenvalue weighted by Crippen LogP contribution is 2.47. The van der Waals surface area contributed by atoms with Crippen molar-refractivity contribution < 1.29 is 17.9 Å². The third-order valence-corrected chi connectivity index (χ3v) is 9.31. The molecule has 0 spiro atoms. The number of H-pyrrole nitrogens is 1. The predicted octanol–water partition coefficient (Wildman–Crippen LogP) is 3.39. The zero-order chi connectivity index (χ0) is 26.4. The summed E-state index contributed by atoms with van der Waals surface area (Å²) in [5.74, 6) is 0.269. The van der Waals surface area contributed by atoms with Crippen LogP contribution in [0.5, 0.6) is 5.75 Å². The number of piperidine rings is 1. The minimum absolute atomic E-state index is 0.0894. The second-order valence-electron chi connectivity index (χ2n) is 9.71. The molecule has 2 heterocycles. The first-order chi connectivity index (χ1) is 18.3. The number of rotatable bonds is 6. The minimum Gasteiger partial charge on any atom is -0.495 e. The maximum absolute atomic E-state index is 13.7. The van der Waals surface area contributed by atoms with Gasteiger partial charge in [-0.05, 0) is 53.6 Å². The average molecular weight is 531 g/mol. The number of nitrogens with one attached hydrogen (secondary N) is 2. The summed E-state index contributed by atoms with van der Waals surface area (Å²) in [4.78, 5) is 25.2. The summed E-state index contributed by atoms with van der Waals surface area (Å²) in [6.07, 6.45) is 0.841. The Bertz CT molecular complexity index is 1700. The quantitative estimate of drug-likeness (QED) is 0.394. The Morgan fingerprint density at radius 3 is 2.37 bits per heavy atom. The number of ether oxygens (including phenoxy) is 1. The monoisotopic (exact) mass is 530 g/mol. The predicted molar refractivity (Wildman–Crippen MR) is 143 cm³/mol. The highest BCUT2D eigenvalue weighted by Gasteiger charge is 2.41. The van der Waals surface area contributed by atoms with E-state index in [1.807, 2.05) is 12.1 Å². The van der Waals surface area contributed by atoms with Gasteiger partial charge in [-0.25, -0.2) is 13.5 Å². The van der Waals surface area contributed by atoms with Crippen molar-refractivity contribution in [2.24, 2.45) is 0 Å². The zero-order valence-electron chi connectivity index (χ0n) is 20.7. The van der Waals surface area contributed by atoms with Gasteiger partial charge in [0.25, 0.3) is 5.56 Å². The van der Waals surface area contributed by atoms with Crippen LogP contribution in [-0.2, 0) is 21.2 Å². The van der Waals surface area contributed by atoms with Gasteiger partial charge in [-0.2, -0.15) is 9.40 Å². The van der Waals surface area contributed by atoms with Crippen molar-refractivity contribution in [3.63, 3.8) is 0 Å². The fourth-order valence-corrected chi connectivity index (χ4v) is 7.26. The molecule has 2 aliphatic rings. The van der Waals surface area contributed by atoms with Crippen LogP contribution < -0.4 is 15.6 Å². The molecule has 2 bridgehead atoms. The van der Waals surface area contributed by atoms with Crippen molar-refractivity contribution in [3.8, 4) is 5.75 Å². The SMILES string of the molecule is COc1ccc(S(=O)(=O)N2CC3CC(C2)c2ccccc23)cc1NC(=O)Cc1n[nH]c(=O)c2ccccc12. The van der Waals surface area contributed by atoms with Crippen molar-refractivity contribution in [1.82, 2.24) is 14.5 Å². The standard InChI is InChI=1S/C28H26N4O5S/c1-37-26-11-10-19(38(35,36)32-15-17-12-18(16-32)21-7-3-2-6-20(17)21)13-25(26)29-27(33)14-24-22-8-4-5-9-23(22)28(34)31-30-24/h2-11,13,17-18H,12,14-16H2,1H3,(H,29,33)(H,31,34). The lowest BCUT2D eigenvalue weighted by atomic mass is 9.98. The van der Waals surface area contributed by atoms with E-state index in [-0.39, 0.29) is 34.4 Å². The largest absolute Gasteiger partial charge is 0.495 e. The molecule has 1 aromatic heterocycles. The number of amides is 1. The molecule has 1 amide bonds. The molecule has 3 aromatic carbocycles. The fourth-order valence-electron chi connectivity index (χ4n) is 5.71. The number of benzene rings is 3. The van der Waals surface area contributed by atoms with Crippen LogP contribution in [-0.4, -0.2) is 49.0 Å². The third kappa shape index (κ3) is 4.15. The Morgan fingerprint density at radius 2 is 1.68 bits per heavy atom. The number of aromatic amines is 1. The van der Waals surface area contributed by atoms with Gasteiger partial charge in [0, 0.05) is 18.5 Å². The zero-order valence-corrected chi connectivity index (χ0v) is 21.5. The third-order valence-electron chi connectivity index (χ3n) is 7.48. The summed E-state index contributed by atoms with van der Waals surface area (Å²) < 4.78 is 34.3. The van der Waals surface area contributed by atoms with Gasteiger partial charge in [-0.15, -0.1) is 0 Å². The van der Waals surface area contributed by atoms with Crippen LogP contribution in [0.4, 0.5) is 5.69 Å². The summed E-state index contributed by atoms with van der Waals surface area (Å²) >= 11 is 0. The summed E-state index contributed by atoms with van der Waals surface area (Å²) in [6.45, 7) is 0.850. The van der Waals surface area contributed by atoms with Crippen LogP contribution in [0.1, 0.15) is 35.1 Å². The second kappa shape index (κ2) is 9.38. The molecule has 1 fully saturated rings. The van der Waals surface area contributed by atoms with Crippen molar-refractivity contribution in [1.29, 1.82) is 0 Å². The van der Waals surface area contributed by atoms with Gasteiger partial charge in [-0.3, -0.25) is 9.59 Å². The van der Waals surface area contributed by atoms with Crippen molar-refractivity contribution in [2.45, 2.75) is 29.6 Å². The van der Waals surface area contributed by atoms with Gasteiger partial charge in [0.05, 0.1) is 35.2 Å². The molecular weight excluding hydrogens is 504 g/mol. The molecule has 4 aromatic rings. The van der Waals surface area contributed by atoms with E-state index < -0.39 is 15.9 Å². The molecule has 10 heteroatoms. The second-order valence-corrected chi connectivity index (χ2v) is 11.7. The molecule has 38 heavy (non-hydrogen) atoms. The van der Waals surface area contributed by atoms with Crippen LogP contribution in [0.3, 0.4) is 0 Å². The highest BCUT2D eigenvalue weighted by atomic mass is 32.2. The lowest BCUT2D eigenvalue weighted by Gasteiger charge is -2.31. The number of anilines is 1. The average Bonchev–Trinajstić information content (AvgIpc) is 3.19. The molecule has 194 valence electrons. The van der Waals surface area contributed by atoms with Gasteiger partial charge < -0.3 is 10.1 Å². The summed E-state index contributed by atoms with van der Waals surface area (Å²) in [5.41, 5.74) is 2.79. The Hall–Kier alpha value is -4.02. The number of carbonyl (C=O) groups is 1. The van der Waals surface area contributed by atoms with Gasteiger partial charge in [0.1, 0.15) is 5.75 Å². The molecule has 1 aliphatic carbocycles. The molecule has 2 N–H and O–H groups in total. The molecule has 2 atom stereocenters. The summed E-state index contributed by atoms with van der Waals surface area (Å²) in [7, 11) is -2.35. The van der Waals surface area contributed by atoms with Gasteiger partial charge >= 0.3 is 0 Å². The Balaban J connectivity index is 1.25. The molecule has 0 saturated carbocycles. The molecule has 1 saturated heterocycles. The van der Waals surface area contributed by atoms with E-state index >= 15 is 0 Å². The molecule has 9 nitrogen and oxygen atoms in total. The van der Waals surface area contributed by atoms with Crippen molar-refractivity contribution in [3.05, 3.63) is 93.9 Å². The maximum Gasteiger partial charge on any atom is 0.272 e. The van der Waals surface area contributed by atoms with Crippen LogP contribution in [0, 0.1) is 0 Å². The Morgan fingerprint density at radius 1 is 1.03 bits per heavy atom. The van der Waals surface area contributed by atoms with Gasteiger partial charge in [-0.1, -0.05) is 42.5 Å². The number of nitrogens with zero attached hydrogens (tertiary/aromatic N) is 2. The van der Waals surface area contributed by atoms with E-state index in [1.165, 1.54) is 30.4 Å². The molecular formula is C28H26N4O5S. The summed E-state index contributed by atoms with van der Waals surface area (Å²) in [5, 5.41) is 10.3. The van der Waals surface area contributed by atoms with Crippen LogP contribution in [0.25, 0.3) is 10.8 Å². The van der Waals surface area contributed by atoms with Crippen LogP contribution in [0.15, 0.2) is 76.4 Å². The lowest BCUT2D eigenvalue weighted by Crippen LogP contribution is -2.39. The number of hydrogen-bond acceptors (Lipinski definition) is 6. The Labute approximate surface area is 219 Å². The van der Waals surface area contributed by atoms with Crippen LogP contribution >= 0.6 is 0 Å². The normalized spacial score (nSPS) is 18.8. The number of methoxy groups -OCH3 is 1. The molecule has 1 aliphatic heterocycles. The van der Waals surface area contributed by atoms with Crippen molar-refractivity contribution in [2.75, 3.05) is 25.5 Å². The Kier molecular flexibility index (Phi) is 6.00. The number of carbonyl (C=O) groups excluding carboxylic acids is 1. The van der Waals surface area contributed by atoms with Gasteiger partial charge in [0.15, 0.2) is 0 Å². The van der Waals surface area contributed by atoms with Crippen LogP contribution in [0.2, 0.25) is 0 Å². The van der Waals surface area contributed by atoms with Crippen molar-refractivity contribution >= 4 is 32.4 Å². The molecule has 2 unspecified atom stereocenters. The number of fused-ring (bicyclic) bond motifs is 6. The van der Waals surface area contributed by atoms with E-state index in [0.29, 0.717) is 35.3 Å². The van der Waals surface area contributed by atoms with E-state index in [0.717, 1.165) is 6.42 Å². The van der Waals surface area contributed by atoms with E-state index in [4.69, 9.17) is 4.74 Å². The number of sulfonamides is 1. The minimum atomic E-state index is -3.81. The number of aromatic nitrogens is 2. The fraction of sp³-hybridized carbons (Fsp3) is 0.250. The smallest absolute Gasteiger partial charge is 0.272 e. The van der Waals surface area contributed by atoms with E-state index in [9.17, 15) is 18.0 Å². The van der Waals surface area contributed by atoms with Gasteiger partial charge in [0.2, 0.25) is 15.9 Å². The first kappa shape index (κ1) is 24.3. The topological polar surface area (TPSA) is 121 Å². The first-order valence-electron chi connectivity index (χ1n) is 12.4. The highest BCUT2D eigenvalue weighted by molar-refractivity contribution is 7.89. The lowest BCUT2D eigenvalue weighted by molar-refractivity contribution is -0.115. The van der Waals surface area contributed by atoms with E-state index in [1.54, 1.807) is 34.6 Å². The first-order valence-corrected chi connectivity index (χ1v) is 13.8. The molecule has 0 radical (unpaired) electrons. The van der Waals surface area contributed by atoms with E-state index in [2.05, 4.69) is 27.6 Å².